The van der Waals surface area contributed by atoms with Crippen molar-refractivity contribution in [1.29, 1.82) is 0 Å². The van der Waals surface area contributed by atoms with E-state index in [-0.39, 0.29) is 52.6 Å². The summed E-state index contributed by atoms with van der Waals surface area (Å²) in [6.45, 7) is 21.8. The first-order valence-electron chi connectivity index (χ1n) is 10.9. The Kier molecular flexibility index (Phi) is 25.7. The largest absolute Gasteiger partial charge is 3.00 e. The van der Waals surface area contributed by atoms with Crippen LogP contribution in [0.15, 0.2) is 12.1 Å². The molecule has 0 amide bonds. The zero-order valence-electron chi connectivity index (χ0n) is 21.6. The molecule has 3 rings (SSSR count). The van der Waals surface area contributed by atoms with Gasteiger partial charge in [-0.15, -0.1) is 6.04 Å². The summed E-state index contributed by atoms with van der Waals surface area (Å²) >= 11 is 0. The minimum Gasteiger partial charge on any atom is -1.00 e. The number of nitrogens with one attached hydrogen (secondary N) is 1. The monoisotopic (exact) mass is 517 g/mol. The first kappa shape index (κ1) is 38.4. The maximum atomic E-state index is 7.27. The summed E-state index contributed by atoms with van der Waals surface area (Å²) in [6, 6.07) is 4.77. The SMILES string of the molecule is C[SiH]C.Cc1c[c-](C)c(C)c1C.Cc1c[c-](C)c(C)c1C.[Cl-].[Cl-].[NH-]C1CCCCC1.[Ti+3]. The van der Waals surface area contributed by atoms with Crippen molar-refractivity contribution in [2.24, 2.45) is 0 Å². The number of aryl methyl sites for hydroxylation is 4. The van der Waals surface area contributed by atoms with Crippen LogP contribution in [-0.4, -0.2) is 15.6 Å². The molecular weight excluding hydrogens is 473 g/mol. The van der Waals surface area contributed by atoms with Gasteiger partial charge in [-0.25, -0.2) is 0 Å². The zero-order valence-corrected chi connectivity index (χ0v) is 25.8. The molecule has 2 aromatic carbocycles. The Balaban J connectivity index is -0.000000159. The van der Waals surface area contributed by atoms with Gasteiger partial charge in [-0.05, 0) is 0 Å². The van der Waals surface area contributed by atoms with E-state index < -0.39 is 0 Å². The molecule has 0 aliphatic heterocycles. The second kappa shape index (κ2) is 20.8. The molecule has 2 aromatic rings. The van der Waals surface area contributed by atoms with Crippen LogP contribution < -0.4 is 24.8 Å². The molecule has 31 heavy (non-hydrogen) atoms. The van der Waals surface area contributed by atoms with Crippen molar-refractivity contribution in [1.82, 2.24) is 0 Å². The molecule has 0 heterocycles. The van der Waals surface area contributed by atoms with E-state index in [1.165, 1.54) is 63.8 Å². The van der Waals surface area contributed by atoms with E-state index >= 15 is 0 Å². The molecule has 1 aliphatic rings. The van der Waals surface area contributed by atoms with Crippen LogP contribution in [0, 0.1) is 55.4 Å². The molecule has 0 unspecified atom stereocenters. The van der Waals surface area contributed by atoms with Crippen LogP contribution in [0.3, 0.4) is 0 Å². The van der Waals surface area contributed by atoms with Crippen LogP contribution >= 0.6 is 0 Å². The van der Waals surface area contributed by atoms with Crippen molar-refractivity contribution in [3.05, 3.63) is 62.4 Å². The van der Waals surface area contributed by atoms with E-state index in [0.717, 1.165) is 22.4 Å². The molecule has 1 nitrogen and oxygen atoms in total. The molecule has 1 N–H and O–H groups in total. The van der Waals surface area contributed by atoms with Crippen LogP contribution in [0.5, 0.6) is 0 Å². The molecular formula is C26H45Cl2NSiTi-2. The zero-order chi connectivity index (χ0) is 21.9. The Morgan fingerprint density at radius 1 is 0.742 bits per heavy atom. The van der Waals surface area contributed by atoms with Gasteiger partial charge in [-0.1, -0.05) is 101 Å². The van der Waals surface area contributed by atoms with Crippen LogP contribution in [0.2, 0.25) is 13.1 Å². The van der Waals surface area contributed by atoms with Gasteiger partial charge in [0, 0.05) is 9.52 Å². The Morgan fingerprint density at radius 3 is 1.13 bits per heavy atom. The van der Waals surface area contributed by atoms with E-state index in [1.807, 2.05) is 0 Å². The molecule has 1 aliphatic carbocycles. The van der Waals surface area contributed by atoms with E-state index in [1.54, 1.807) is 0 Å². The normalized spacial score (nSPS) is 12.2. The van der Waals surface area contributed by atoms with Crippen LogP contribution in [0.1, 0.15) is 76.6 Å². The average Bonchev–Trinajstić information content (AvgIpc) is 3.01. The molecule has 0 spiro atoms. The van der Waals surface area contributed by atoms with Crippen molar-refractivity contribution < 1.29 is 46.5 Å². The summed E-state index contributed by atoms with van der Waals surface area (Å²) in [7, 11) is 0.750. The summed E-state index contributed by atoms with van der Waals surface area (Å²) in [4.78, 5) is 0. The first-order chi connectivity index (χ1) is 13.1. The van der Waals surface area contributed by atoms with Crippen LogP contribution in [0.25, 0.3) is 5.73 Å². The maximum Gasteiger partial charge on any atom is 3.00 e. The molecule has 0 bridgehead atoms. The minimum atomic E-state index is 0. The van der Waals surface area contributed by atoms with Crippen LogP contribution in [0.4, 0.5) is 0 Å². The average molecular weight is 519 g/mol. The van der Waals surface area contributed by atoms with Gasteiger partial charge in [-0.2, -0.15) is 56.6 Å². The Bertz CT molecular complexity index is 591. The third-order valence-corrected chi connectivity index (χ3v) is 5.96. The van der Waals surface area contributed by atoms with E-state index in [0.29, 0.717) is 0 Å². The Hall–Kier alpha value is 0.171. The molecule has 5 heteroatoms. The molecule has 178 valence electrons. The van der Waals surface area contributed by atoms with Gasteiger partial charge in [0.15, 0.2) is 0 Å². The van der Waals surface area contributed by atoms with Crippen LogP contribution in [-0.2, 0) is 21.7 Å². The topological polar surface area (TPSA) is 23.8 Å². The molecule has 0 saturated heterocycles. The third-order valence-electron chi connectivity index (χ3n) is 5.96. The number of halogens is 2. The van der Waals surface area contributed by atoms with Crippen molar-refractivity contribution in [2.45, 2.75) is 107 Å². The molecule has 0 atom stereocenters. The van der Waals surface area contributed by atoms with Gasteiger partial charge >= 0.3 is 21.7 Å². The van der Waals surface area contributed by atoms with Crippen molar-refractivity contribution in [2.75, 3.05) is 0 Å². The Labute approximate surface area is 224 Å². The summed E-state index contributed by atoms with van der Waals surface area (Å²) in [5.74, 6) is 0. The predicted octanol–water partition coefficient (Wildman–Crippen LogP) is 2.17. The number of rotatable bonds is 0. The van der Waals surface area contributed by atoms with Crippen molar-refractivity contribution in [3.63, 3.8) is 0 Å². The van der Waals surface area contributed by atoms with Crippen molar-refractivity contribution in [3.8, 4) is 0 Å². The second-order valence-electron chi connectivity index (χ2n) is 8.43. The summed E-state index contributed by atoms with van der Waals surface area (Å²) in [5.41, 5.74) is 18.8. The summed E-state index contributed by atoms with van der Waals surface area (Å²) in [6.07, 6.45) is 6.28. The fourth-order valence-corrected chi connectivity index (χ4v) is 3.37. The van der Waals surface area contributed by atoms with E-state index in [9.17, 15) is 0 Å². The van der Waals surface area contributed by atoms with Gasteiger partial charge < -0.3 is 30.5 Å². The minimum absolute atomic E-state index is 0. The first-order valence-corrected chi connectivity index (χ1v) is 13.2. The van der Waals surface area contributed by atoms with Crippen molar-refractivity contribution >= 4 is 9.52 Å². The summed E-state index contributed by atoms with van der Waals surface area (Å²) in [5, 5.41) is 0. The number of hydrogen-bond acceptors (Lipinski definition) is 0. The second-order valence-corrected chi connectivity index (χ2v) is 9.59. The maximum absolute atomic E-state index is 7.27. The van der Waals surface area contributed by atoms with Gasteiger partial charge in [-0.3, -0.25) is 0 Å². The standard InChI is InChI=1S/2C9H13.C6H12N.C2H7Si.2ClH.Ti/c2*1-6-5-7(2)9(4)8(6)3;7-6-4-2-1-3-5-6;1-3-2;;;/h2*5H,1-4H3;6-7H,1-5H2;3H,1-2H3;2*1H;/q3*-1;;;;+3/p-2. The third kappa shape index (κ3) is 14.8. The molecule has 2 radical (unpaired) electrons. The molecule has 1 saturated carbocycles. The molecule has 0 aromatic heterocycles. The quantitative estimate of drug-likeness (QED) is 0.377. The fourth-order valence-electron chi connectivity index (χ4n) is 3.37. The van der Waals surface area contributed by atoms with E-state index in [4.69, 9.17) is 5.73 Å². The van der Waals surface area contributed by atoms with Gasteiger partial charge in [0.05, 0.1) is 0 Å². The fraction of sp³-hybridized carbons (Fsp3) is 0.615. The molecule has 1 fully saturated rings. The Morgan fingerprint density at radius 2 is 1.03 bits per heavy atom. The summed E-state index contributed by atoms with van der Waals surface area (Å²) < 4.78 is 0. The van der Waals surface area contributed by atoms with Gasteiger partial charge in [0.1, 0.15) is 0 Å². The smallest absolute Gasteiger partial charge is 1.00 e. The van der Waals surface area contributed by atoms with E-state index in [2.05, 4.69) is 80.6 Å². The van der Waals surface area contributed by atoms with Gasteiger partial charge in [0.2, 0.25) is 0 Å². The predicted molar refractivity (Wildman–Crippen MR) is 132 cm³/mol. The van der Waals surface area contributed by atoms with Gasteiger partial charge in [0.25, 0.3) is 0 Å². The number of hydrogen-bond donors (Lipinski definition) is 0.